The Morgan fingerprint density at radius 3 is 2.63 bits per heavy atom. The predicted molar refractivity (Wildman–Crippen MR) is 113 cm³/mol. The molecule has 0 saturated heterocycles. The van der Waals surface area contributed by atoms with Crippen molar-refractivity contribution < 1.29 is 14.0 Å². The molecule has 0 saturated carbocycles. The zero-order chi connectivity index (χ0) is 19.2. The summed E-state index contributed by atoms with van der Waals surface area (Å²) in [7, 11) is 0. The summed E-state index contributed by atoms with van der Waals surface area (Å²) in [6.07, 6.45) is 1.60. The van der Waals surface area contributed by atoms with E-state index in [-0.39, 0.29) is 17.4 Å². The Labute approximate surface area is 174 Å². The van der Waals surface area contributed by atoms with Crippen LogP contribution in [0.25, 0.3) is 0 Å². The first kappa shape index (κ1) is 19.7. The number of carbonyl (C=O) groups excluding carboxylic acids is 2. The van der Waals surface area contributed by atoms with Crippen molar-refractivity contribution in [2.75, 3.05) is 11.1 Å². The van der Waals surface area contributed by atoms with Crippen LogP contribution in [0.5, 0.6) is 0 Å². The lowest BCUT2D eigenvalue weighted by Crippen LogP contribution is -2.17. The van der Waals surface area contributed by atoms with E-state index < -0.39 is 0 Å². The highest BCUT2D eigenvalue weighted by Gasteiger charge is 2.18. The average molecular weight is 465 g/mol. The lowest BCUT2D eigenvalue weighted by atomic mass is 10.0. The number of nitrogens with one attached hydrogen (secondary N) is 1. The van der Waals surface area contributed by atoms with E-state index in [0.717, 1.165) is 10.2 Å². The largest absolute Gasteiger partial charge is 0.468 e. The maximum Gasteiger partial charge on any atom is 0.234 e. The number of furan rings is 1. The number of amides is 1. The molecule has 0 bridgehead atoms. The summed E-state index contributed by atoms with van der Waals surface area (Å²) in [6, 6.07) is 15.7. The highest BCUT2D eigenvalue weighted by Crippen LogP contribution is 2.27. The van der Waals surface area contributed by atoms with Gasteiger partial charge in [0, 0.05) is 15.6 Å². The summed E-state index contributed by atoms with van der Waals surface area (Å²) in [5, 5.41) is 3.18. The Kier molecular flexibility index (Phi) is 6.77. The number of thioether (sulfide) groups is 1. The molecule has 2 aromatic carbocycles. The van der Waals surface area contributed by atoms with Crippen LogP contribution in [0.1, 0.15) is 21.7 Å². The van der Waals surface area contributed by atoms with Crippen LogP contribution < -0.4 is 5.32 Å². The van der Waals surface area contributed by atoms with Crippen molar-refractivity contribution in [1.82, 2.24) is 0 Å². The van der Waals surface area contributed by atoms with Crippen LogP contribution in [0.15, 0.2) is 69.8 Å². The molecule has 0 aliphatic heterocycles. The Bertz CT molecular complexity index is 960. The number of carbonyl (C=O) groups is 2. The lowest BCUT2D eigenvalue weighted by Gasteiger charge is -2.12. The summed E-state index contributed by atoms with van der Waals surface area (Å²) >= 11 is 11.0. The molecule has 3 aromatic rings. The van der Waals surface area contributed by atoms with Gasteiger partial charge in [-0.25, -0.2) is 0 Å². The van der Waals surface area contributed by atoms with Gasteiger partial charge in [-0.1, -0.05) is 39.7 Å². The minimum atomic E-state index is -0.250. The van der Waals surface area contributed by atoms with Crippen molar-refractivity contribution in [2.24, 2.45) is 0 Å². The lowest BCUT2D eigenvalue weighted by molar-refractivity contribution is -0.113. The van der Waals surface area contributed by atoms with Crippen LogP contribution in [0.4, 0.5) is 5.69 Å². The van der Waals surface area contributed by atoms with E-state index >= 15 is 0 Å². The monoisotopic (exact) mass is 463 g/mol. The van der Waals surface area contributed by atoms with Gasteiger partial charge in [-0.3, -0.25) is 9.59 Å². The summed E-state index contributed by atoms with van der Waals surface area (Å²) in [5.41, 5.74) is 1.22. The third-order valence-corrected chi connectivity index (χ3v) is 5.45. The van der Waals surface area contributed by atoms with E-state index in [9.17, 15) is 9.59 Å². The summed E-state index contributed by atoms with van der Waals surface area (Å²) in [6.45, 7) is 0. The molecular weight excluding hydrogens is 450 g/mol. The van der Waals surface area contributed by atoms with Crippen molar-refractivity contribution in [3.63, 3.8) is 0 Å². The average Bonchev–Trinajstić information content (AvgIpc) is 3.16. The molecule has 0 unspecified atom stereocenters. The van der Waals surface area contributed by atoms with Gasteiger partial charge in [-0.2, -0.15) is 0 Å². The minimum absolute atomic E-state index is 0.193. The van der Waals surface area contributed by atoms with E-state index in [1.807, 2.05) is 12.1 Å². The molecule has 0 aliphatic rings. The highest BCUT2D eigenvalue weighted by atomic mass is 79.9. The molecule has 4 nitrogen and oxygen atoms in total. The normalized spacial score (nSPS) is 10.6. The maximum atomic E-state index is 12.9. The molecule has 0 radical (unpaired) electrons. The van der Waals surface area contributed by atoms with Crippen LogP contribution in [-0.2, 0) is 10.5 Å². The molecule has 3 rings (SSSR count). The van der Waals surface area contributed by atoms with Crippen LogP contribution >= 0.6 is 39.3 Å². The number of rotatable bonds is 7. The topological polar surface area (TPSA) is 59.3 Å². The van der Waals surface area contributed by atoms with E-state index in [4.69, 9.17) is 16.0 Å². The molecule has 1 N–H and O–H groups in total. The van der Waals surface area contributed by atoms with Crippen molar-refractivity contribution in [3.05, 3.63) is 87.2 Å². The molecule has 0 fully saturated rings. The van der Waals surface area contributed by atoms with Gasteiger partial charge in [0.2, 0.25) is 5.91 Å². The van der Waals surface area contributed by atoms with Gasteiger partial charge in [-0.05, 0) is 42.5 Å². The van der Waals surface area contributed by atoms with Gasteiger partial charge in [0.1, 0.15) is 5.76 Å². The molecule has 0 atom stereocenters. The smallest absolute Gasteiger partial charge is 0.234 e. The molecule has 0 aliphatic carbocycles. The Morgan fingerprint density at radius 1 is 1.07 bits per heavy atom. The van der Waals surface area contributed by atoms with Gasteiger partial charge in [0.15, 0.2) is 5.78 Å². The SMILES string of the molecule is O=C(CSCc1ccco1)Nc1ccc(Br)cc1C(=O)c1ccccc1Cl. The summed E-state index contributed by atoms with van der Waals surface area (Å²) in [4.78, 5) is 25.2. The van der Waals surface area contributed by atoms with E-state index in [2.05, 4.69) is 21.2 Å². The van der Waals surface area contributed by atoms with Crippen LogP contribution in [-0.4, -0.2) is 17.4 Å². The fourth-order valence-electron chi connectivity index (χ4n) is 2.43. The number of anilines is 1. The molecule has 138 valence electrons. The molecule has 7 heteroatoms. The van der Waals surface area contributed by atoms with Crippen molar-refractivity contribution in [3.8, 4) is 0 Å². The molecule has 27 heavy (non-hydrogen) atoms. The maximum absolute atomic E-state index is 12.9. The minimum Gasteiger partial charge on any atom is -0.468 e. The van der Waals surface area contributed by atoms with Crippen LogP contribution in [0, 0.1) is 0 Å². The van der Waals surface area contributed by atoms with Gasteiger partial charge < -0.3 is 9.73 Å². The second-order valence-corrected chi connectivity index (χ2v) is 7.93. The quantitative estimate of drug-likeness (QED) is 0.449. The number of benzene rings is 2. The van der Waals surface area contributed by atoms with Gasteiger partial charge in [0.25, 0.3) is 0 Å². The highest BCUT2D eigenvalue weighted by molar-refractivity contribution is 9.10. The second-order valence-electron chi connectivity index (χ2n) is 5.62. The zero-order valence-corrected chi connectivity index (χ0v) is 17.2. The summed E-state index contributed by atoms with van der Waals surface area (Å²) < 4.78 is 5.98. The fourth-order valence-corrected chi connectivity index (χ4v) is 3.74. The molecule has 1 aromatic heterocycles. The first-order chi connectivity index (χ1) is 13.0. The van der Waals surface area contributed by atoms with E-state index in [1.54, 1.807) is 48.7 Å². The Balaban J connectivity index is 1.73. The number of hydrogen-bond acceptors (Lipinski definition) is 4. The molecule has 1 amide bonds. The zero-order valence-electron chi connectivity index (χ0n) is 14.1. The molecule has 0 spiro atoms. The number of halogens is 2. The Morgan fingerprint density at radius 2 is 1.89 bits per heavy atom. The Hall–Kier alpha value is -2.02. The van der Waals surface area contributed by atoms with E-state index in [1.165, 1.54) is 11.8 Å². The summed E-state index contributed by atoms with van der Waals surface area (Å²) in [5.74, 6) is 1.22. The predicted octanol–water partition coefficient (Wildman–Crippen LogP) is 5.80. The third kappa shape index (κ3) is 5.25. The standard InChI is InChI=1S/C20H15BrClNO3S/c21-13-7-8-18(23-19(24)12-27-11-14-4-3-9-26-14)16(10-13)20(25)15-5-1-2-6-17(15)22/h1-10H,11-12H2,(H,23,24). The van der Waals surface area contributed by atoms with Crippen LogP contribution in [0.2, 0.25) is 5.02 Å². The third-order valence-electron chi connectivity index (χ3n) is 3.68. The second kappa shape index (κ2) is 9.26. The van der Waals surface area contributed by atoms with E-state index in [0.29, 0.717) is 27.6 Å². The molecule has 1 heterocycles. The van der Waals surface area contributed by atoms with Crippen molar-refractivity contribution in [2.45, 2.75) is 5.75 Å². The van der Waals surface area contributed by atoms with Crippen molar-refractivity contribution >= 4 is 56.7 Å². The first-order valence-corrected chi connectivity index (χ1v) is 10.4. The van der Waals surface area contributed by atoms with Gasteiger partial charge >= 0.3 is 0 Å². The number of ketones is 1. The van der Waals surface area contributed by atoms with Crippen LogP contribution in [0.3, 0.4) is 0 Å². The molecular formula is C20H15BrClNO3S. The first-order valence-electron chi connectivity index (χ1n) is 8.03. The van der Waals surface area contributed by atoms with Gasteiger partial charge in [0.05, 0.1) is 28.5 Å². The van der Waals surface area contributed by atoms with Crippen molar-refractivity contribution in [1.29, 1.82) is 0 Å². The fraction of sp³-hybridized carbons (Fsp3) is 0.100. The van der Waals surface area contributed by atoms with Gasteiger partial charge in [-0.15, -0.1) is 11.8 Å². The number of hydrogen-bond donors (Lipinski definition) is 1.